The number of carbonyl (C=O) groups is 3. The van der Waals surface area contributed by atoms with Gasteiger partial charge in [0.15, 0.2) is 0 Å². The number of hydrogen-bond donors (Lipinski definition) is 2. The Bertz CT molecular complexity index is 790. The zero-order valence-electron chi connectivity index (χ0n) is 20.8. The van der Waals surface area contributed by atoms with E-state index >= 15 is 0 Å². The van der Waals surface area contributed by atoms with Crippen molar-refractivity contribution >= 4 is 17.8 Å². The van der Waals surface area contributed by atoms with Crippen molar-refractivity contribution < 1.29 is 29.0 Å². The van der Waals surface area contributed by atoms with Crippen LogP contribution in [0.5, 0.6) is 0 Å². The molecule has 0 aromatic rings. The van der Waals surface area contributed by atoms with E-state index in [9.17, 15) is 19.5 Å². The van der Waals surface area contributed by atoms with Crippen LogP contribution in [-0.2, 0) is 23.9 Å². The lowest BCUT2D eigenvalue weighted by Gasteiger charge is -2.39. The first-order chi connectivity index (χ1) is 14.6. The molecule has 3 saturated heterocycles. The maximum Gasteiger partial charge on any atom is 0.312 e. The minimum Gasteiger partial charge on any atom is -0.466 e. The number of aliphatic hydroxyl groups excluding tert-OH is 1. The molecule has 32 heavy (non-hydrogen) atoms. The largest absolute Gasteiger partial charge is 0.466 e. The second-order valence-electron chi connectivity index (χ2n) is 11.9. The van der Waals surface area contributed by atoms with Crippen LogP contribution in [0.25, 0.3) is 0 Å². The molecule has 2 bridgehead atoms. The van der Waals surface area contributed by atoms with E-state index in [1.165, 1.54) is 4.90 Å². The fraction of sp³-hybridized carbons (Fsp3) is 0.875. The van der Waals surface area contributed by atoms with Crippen molar-refractivity contribution in [1.82, 2.24) is 10.2 Å². The maximum atomic E-state index is 13.8. The third-order valence-corrected chi connectivity index (χ3v) is 7.18. The topological polar surface area (TPSA) is 105 Å². The molecule has 6 atom stereocenters. The minimum atomic E-state index is -1.10. The number of amides is 2. The van der Waals surface area contributed by atoms with Gasteiger partial charge >= 0.3 is 5.97 Å². The number of fused-ring (bicyclic) bond motifs is 1. The molecule has 0 saturated carbocycles. The molecule has 3 fully saturated rings. The normalized spacial score (nSPS) is 35.1. The summed E-state index contributed by atoms with van der Waals surface area (Å²) < 4.78 is 11.8. The Morgan fingerprint density at radius 2 is 1.91 bits per heavy atom. The first-order valence-corrected chi connectivity index (χ1v) is 11.7. The summed E-state index contributed by atoms with van der Waals surface area (Å²) >= 11 is 0. The quantitative estimate of drug-likeness (QED) is 0.573. The van der Waals surface area contributed by atoms with Crippen LogP contribution in [0.2, 0.25) is 0 Å². The van der Waals surface area contributed by atoms with Crippen molar-refractivity contribution in [3.63, 3.8) is 0 Å². The third kappa shape index (κ3) is 3.94. The summed E-state index contributed by atoms with van der Waals surface area (Å²) in [5, 5.41) is 13.0. The number of ether oxygens (including phenoxy) is 2. The van der Waals surface area contributed by atoms with Crippen LogP contribution in [0.4, 0.5) is 0 Å². The van der Waals surface area contributed by atoms with Crippen LogP contribution >= 0.6 is 0 Å². The number of nitrogens with one attached hydrogen (secondary N) is 1. The second-order valence-corrected chi connectivity index (χ2v) is 11.9. The number of rotatable bonds is 7. The van der Waals surface area contributed by atoms with Crippen molar-refractivity contribution in [2.75, 3.05) is 13.2 Å². The fourth-order valence-electron chi connectivity index (χ4n) is 6.59. The van der Waals surface area contributed by atoms with E-state index in [2.05, 4.69) is 26.1 Å². The van der Waals surface area contributed by atoms with Gasteiger partial charge in [0.1, 0.15) is 17.6 Å². The summed E-state index contributed by atoms with van der Waals surface area (Å²) in [6.07, 6.45) is 1.81. The lowest BCUT2D eigenvalue weighted by molar-refractivity contribution is -0.160. The van der Waals surface area contributed by atoms with Gasteiger partial charge in [-0.15, -0.1) is 0 Å². The SMILES string of the molecule is CCOC(=O)[C@H]1[C@H]2C(=O)N([C@H](C)CO)C(C(=O)NC(C)(C)CC(C)(C)C)C23CC[C@]1(C)O3. The van der Waals surface area contributed by atoms with Crippen molar-refractivity contribution in [2.24, 2.45) is 17.3 Å². The van der Waals surface area contributed by atoms with Crippen LogP contribution in [0.3, 0.4) is 0 Å². The minimum absolute atomic E-state index is 0.00797. The van der Waals surface area contributed by atoms with Gasteiger partial charge in [0.25, 0.3) is 0 Å². The molecule has 0 aromatic carbocycles. The highest BCUT2D eigenvalue weighted by atomic mass is 16.6. The van der Waals surface area contributed by atoms with Crippen molar-refractivity contribution in [3.05, 3.63) is 0 Å². The van der Waals surface area contributed by atoms with E-state index < -0.39 is 46.6 Å². The Labute approximate surface area is 191 Å². The number of nitrogens with zero attached hydrogens (tertiary/aromatic N) is 1. The maximum absolute atomic E-state index is 13.8. The molecule has 2 amide bonds. The number of carbonyl (C=O) groups excluding carboxylic acids is 3. The molecular weight excluding hydrogens is 412 g/mol. The molecule has 1 spiro atoms. The lowest BCUT2D eigenvalue weighted by atomic mass is 9.66. The van der Waals surface area contributed by atoms with Crippen molar-refractivity contribution in [3.8, 4) is 0 Å². The highest BCUT2D eigenvalue weighted by Gasteiger charge is 2.78. The van der Waals surface area contributed by atoms with Gasteiger partial charge in [-0.1, -0.05) is 20.8 Å². The molecular formula is C24H40N2O6. The standard InChI is InChI=1S/C24H40N2O6/c1-9-31-20(30)16-15-19(29)26(14(2)12-27)17(24(15)11-10-23(16,8)32-24)18(28)25-22(6,7)13-21(3,4)5/h14-17,27H,9-13H2,1-8H3,(H,25,28)/t14-,15+,16-,17?,23+,24?/m1/s1. The first-order valence-electron chi connectivity index (χ1n) is 11.7. The molecule has 0 aliphatic carbocycles. The molecule has 3 aliphatic heterocycles. The van der Waals surface area contributed by atoms with Crippen LogP contribution in [-0.4, -0.2) is 69.8 Å². The summed E-state index contributed by atoms with van der Waals surface area (Å²) in [5.41, 5.74) is -2.47. The molecule has 8 heteroatoms. The van der Waals surface area contributed by atoms with Gasteiger partial charge in [0.2, 0.25) is 11.8 Å². The van der Waals surface area contributed by atoms with Crippen LogP contribution in [0, 0.1) is 17.3 Å². The van der Waals surface area contributed by atoms with Crippen LogP contribution in [0.1, 0.15) is 74.7 Å². The summed E-state index contributed by atoms with van der Waals surface area (Å²) in [6.45, 7) is 15.5. The van der Waals surface area contributed by atoms with Gasteiger partial charge in [0.05, 0.1) is 30.8 Å². The third-order valence-electron chi connectivity index (χ3n) is 7.18. The molecule has 0 aromatic heterocycles. The molecule has 182 valence electrons. The Morgan fingerprint density at radius 3 is 2.44 bits per heavy atom. The van der Waals surface area contributed by atoms with Gasteiger partial charge in [-0.2, -0.15) is 0 Å². The van der Waals surface area contributed by atoms with E-state index in [0.29, 0.717) is 12.8 Å². The molecule has 2 N–H and O–H groups in total. The van der Waals surface area contributed by atoms with Crippen molar-refractivity contribution in [2.45, 2.75) is 103 Å². The molecule has 3 rings (SSSR count). The first kappa shape index (κ1) is 25.0. The summed E-state index contributed by atoms with van der Waals surface area (Å²) in [4.78, 5) is 41.8. The predicted molar refractivity (Wildman–Crippen MR) is 119 cm³/mol. The number of esters is 1. The smallest absolute Gasteiger partial charge is 0.312 e. The Hall–Kier alpha value is -1.67. The Morgan fingerprint density at radius 1 is 1.28 bits per heavy atom. The lowest BCUT2D eigenvalue weighted by Crippen LogP contribution is -2.61. The van der Waals surface area contributed by atoms with Gasteiger partial charge in [-0.3, -0.25) is 14.4 Å². The summed E-state index contributed by atoms with van der Waals surface area (Å²) in [5.74, 6) is -2.64. The number of aliphatic hydroxyl groups is 1. The highest BCUT2D eigenvalue weighted by Crippen LogP contribution is 2.63. The van der Waals surface area contributed by atoms with Crippen LogP contribution in [0.15, 0.2) is 0 Å². The zero-order chi connectivity index (χ0) is 24.3. The van der Waals surface area contributed by atoms with Gasteiger partial charge in [0, 0.05) is 5.54 Å². The molecule has 0 radical (unpaired) electrons. The van der Waals surface area contributed by atoms with E-state index in [0.717, 1.165) is 6.42 Å². The molecule has 8 nitrogen and oxygen atoms in total. The van der Waals surface area contributed by atoms with E-state index in [1.54, 1.807) is 13.8 Å². The molecule has 2 unspecified atom stereocenters. The van der Waals surface area contributed by atoms with Crippen LogP contribution < -0.4 is 5.32 Å². The number of hydrogen-bond acceptors (Lipinski definition) is 6. The predicted octanol–water partition coefficient (Wildman–Crippen LogP) is 2.03. The second kappa shape index (κ2) is 7.97. The van der Waals surface area contributed by atoms with Gasteiger partial charge in [-0.05, 0) is 59.3 Å². The Kier molecular flexibility index (Phi) is 6.22. The zero-order valence-corrected chi connectivity index (χ0v) is 20.8. The average Bonchev–Trinajstić information content (AvgIpc) is 3.19. The van der Waals surface area contributed by atoms with Gasteiger partial charge < -0.3 is 24.8 Å². The van der Waals surface area contributed by atoms with Gasteiger partial charge in [-0.25, -0.2) is 0 Å². The Balaban J connectivity index is 2.02. The highest BCUT2D eigenvalue weighted by molar-refractivity contribution is 5.98. The molecule has 3 heterocycles. The summed E-state index contributed by atoms with van der Waals surface area (Å²) in [6, 6.07) is -1.50. The monoisotopic (exact) mass is 452 g/mol. The van der Waals surface area contributed by atoms with E-state index in [-0.39, 0.29) is 30.4 Å². The average molecular weight is 453 g/mol. The van der Waals surface area contributed by atoms with Crippen molar-refractivity contribution in [1.29, 1.82) is 0 Å². The van der Waals surface area contributed by atoms with E-state index in [1.807, 2.05) is 20.8 Å². The van der Waals surface area contributed by atoms with E-state index in [4.69, 9.17) is 9.47 Å². The molecule has 3 aliphatic rings. The summed E-state index contributed by atoms with van der Waals surface area (Å²) in [7, 11) is 0. The number of likely N-dealkylation sites (tertiary alicyclic amines) is 1. The fourth-order valence-corrected chi connectivity index (χ4v) is 6.59.